The third kappa shape index (κ3) is 4.25. The molecule has 0 bridgehead atoms. The van der Waals surface area contributed by atoms with Crippen molar-refractivity contribution >= 4 is 5.91 Å². The fraction of sp³-hybridized carbons (Fsp3) is 0.526. The Morgan fingerprint density at radius 1 is 1.36 bits per heavy atom. The van der Waals surface area contributed by atoms with Gasteiger partial charge in [-0.1, -0.05) is 48.3 Å². The summed E-state index contributed by atoms with van der Waals surface area (Å²) in [6, 6.07) is 8.78. The number of amides is 1. The average molecular weight is 343 g/mol. The maximum Gasteiger partial charge on any atom is 0.248 e. The van der Waals surface area contributed by atoms with Gasteiger partial charge in [-0.05, 0) is 32.3 Å². The number of carbonyl (C=O) groups is 1. The van der Waals surface area contributed by atoms with Crippen LogP contribution in [0.1, 0.15) is 75.2 Å². The molecule has 2 unspecified atom stereocenters. The molecule has 1 amide bonds. The van der Waals surface area contributed by atoms with Crippen molar-refractivity contribution in [3.8, 4) is 0 Å². The van der Waals surface area contributed by atoms with E-state index in [4.69, 9.17) is 4.52 Å². The van der Waals surface area contributed by atoms with E-state index in [2.05, 4.69) is 15.5 Å². The van der Waals surface area contributed by atoms with Gasteiger partial charge in [0.05, 0.1) is 12.0 Å². The van der Waals surface area contributed by atoms with E-state index < -0.39 is 5.60 Å². The zero-order valence-electron chi connectivity index (χ0n) is 14.7. The smallest absolute Gasteiger partial charge is 0.248 e. The number of hydrogen-bond donors (Lipinski definition) is 2. The molecule has 0 saturated heterocycles. The van der Waals surface area contributed by atoms with Crippen molar-refractivity contribution in [3.05, 3.63) is 47.6 Å². The van der Waals surface area contributed by atoms with Crippen LogP contribution < -0.4 is 5.32 Å². The lowest BCUT2D eigenvalue weighted by Crippen LogP contribution is -2.34. The van der Waals surface area contributed by atoms with Crippen LogP contribution in [-0.4, -0.2) is 21.2 Å². The summed E-state index contributed by atoms with van der Waals surface area (Å²) in [6.45, 7) is 3.44. The van der Waals surface area contributed by atoms with Gasteiger partial charge in [0.15, 0.2) is 5.82 Å². The Hall–Kier alpha value is -2.21. The van der Waals surface area contributed by atoms with Gasteiger partial charge in [0.2, 0.25) is 11.8 Å². The molecule has 1 aromatic carbocycles. The normalized spacial score (nSPS) is 18.7. The van der Waals surface area contributed by atoms with Crippen LogP contribution in [0.5, 0.6) is 0 Å². The largest absolute Gasteiger partial charge is 0.385 e. The third-order valence-electron chi connectivity index (χ3n) is 4.83. The highest BCUT2D eigenvalue weighted by Crippen LogP contribution is 2.32. The summed E-state index contributed by atoms with van der Waals surface area (Å²) in [5, 5.41) is 17.5. The second-order valence-corrected chi connectivity index (χ2v) is 7.08. The first kappa shape index (κ1) is 17.6. The van der Waals surface area contributed by atoms with Crippen LogP contribution in [0.15, 0.2) is 34.9 Å². The van der Waals surface area contributed by atoms with Crippen LogP contribution >= 0.6 is 0 Å². The molecule has 6 heteroatoms. The molecule has 1 fully saturated rings. The molecule has 2 N–H and O–H groups in total. The van der Waals surface area contributed by atoms with Crippen LogP contribution in [0.4, 0.5) is 0 Å². The van der Waals surface area contributed by atoms with Crippen molar-refractivity contribution in [2.75, 3.05) is 0 Å². The molecule has 0 spiro atoms. The molecule has 2 aromatic rings. The van der Waals surface area contributed by atoms with Crippen LogP contribution in [0.25, 0.3) is 0 Å². The van der Waals surface area contributed by atoms with Crippen molar-refractivity contribution in [3.63, 3.8) is 0 Å². The predicted octanol–water partition coefficient (Wildman–Crippen LogP) is 3.20. The number of aromatic nitrogens is 2. The van der Waals surface area contributed by atoms with E-state index in [1.54, 1.807) is 13.8 Å². The maximum absolute atomic E-state index is 12.3. The molecular formula is C19H25N3O3. The SMILES string of the molecule is CC(NC(=O)CC(C)(O)c1ccccc1)c1nc(C2CCCC2)no1. The molecule has 0 aliphatic heterocycles. The van der Waals surface area contributed by atoms with Gasteiger partial charge in [-0.25, -0.2) is 0 Å². The molecule has 25 heavy (non-hydrogen) atoms. The Morgan fingerprint density at radius 2 is 2.04 bits per heavy atom. The fourth-order valence-corrected chi connectivity index (χ4v) is 3.34. The zero-order chi connectivity index (χ0) is 17.9. The molecule has 0 radical (unpaired) electrons. The topological polar surface area (TPSA) is 88.2 Å². The first-order valence-corrected chi connectivity index (χ1v) is 8.86. The monoisotopic (exact) mass is 343 g/mol. The van der Waals surface area contributed by atoms with Gasteiger partial charge in [0.1, 0.15) is 6.04 Å². The fourth-order valence-electron chi connectivity index (χ4n) is 3.34. The molecule has 6 nitrogen and oxygen atoms in total. The number of nitrogens with zero attached hydrogens (tertiary/aromatic N) is 2. The van der Waals surface area contributed by atoms with Crippen molar-refractivity contribution in [1.82, 2.24) is 15.5 Å². The predicted molar refractivity (Wildman–Crippen MR) is 92.7 cm³/mol. The summed E-state index contributed by atoms with van der Waals surface area (Å²) in [5.41, 5.74) is -0.520. The van der Waals surface area contributed by atoms with Crippen molar-refractivity contribution in [2.45, 2.75) is 63.5 Å². The van der Waals surface area contributed by atoms with Crippen molar-refractivity contribution < 1.29 is 14.4 Å². The molecule has 1 heterocycles. The van der Waals surface area contributed by atoms with E-state index >= 15 is 0 Å². The molecule has 1 aliphatic carbocycles. The molecular weight excluding hydrogens is 318 g/mol. The van der Waals surface area contributed by atoms with E-state index in [0.29, 0.717) is 17.4 Å². The lowest BCUT2D eigenvalue weighted by Gasteiger charge is -2.23. The Kier molecular flexibility index (Phi) is 5.18. The van der Waals surface area contributed by atoms with E-state index in [0.717, 1.165) is 18.7 Å². The maximum atomic E-state index is 12.3. The highest BCUT2D eigenvalue weighted by atomic mass is 16.5. The number of benzene rings is 1. The summed E-state index contributed by atoms with van der Waals surface area (Å²) in [7, 11) is 0. The van der Waals surface area contributed by atoms with E-state index in [-0.39, 0.29) is 18.4 Å². The van der Waals surface area contributed by atoms with Crippen LogP contribution in [0, 0.1) is 0 Å². The standard InChI is InChI=1S/C19H25N3O3/c1-13(18-21-17(22-25-18)14-8-6-7-9-14)20-16(23)12-19(2,24)15-10-4-3-5-11-15/h3-5,10-11,13-14,24H,6-9,12H2,1-2H3,(H,20,23). The first-order chi connectivity index (χ1) is 12.0. The Morgan fingerprint density at radius 3 is 2.72 bits per heavy atom. The third-order valence-corrected chi connectivity index (χ3v) is 4.83. The minimum Gasteiger partial charge on any atom is -0.385 e. The Balaban J connectivity index is 1.59. The van der Waals surface area contributed by atoms with E-state index in [1.807, 2.05) is 30.3 Å². The van der Waals surface area contributed by atoms with E-state index in [1.165, 1.54) is 12.8 Å². The molecule has 1 aromatic heterocycles. The molecule has 2 atom stereocenters. The number of nitrogens with one attached hydrogen (secondary N) is 1. The minimum atomic E-state index is -1.23. The lowest BCUT2D eigenvalue weighted by molar-refractivity contribution is -0.126. The second kappa shape index (κ2) is 7.35. The minimum absolute atomic E-state index is 0.0367. The number of rotatable bonds is 6. The van der Waals surface area contributed by atoms with Gasteiger partial charge < -0.3 is 14.9 Å². The summed E-state index contributed by atoms with van der Waals surface area (Å²) < 4.78 is 5.32. The Labute approximate surface area is 147 Å². The second-order valence-electron chi connectivity index (χ2n) is 7.08. The summed E-state index contributed by atoms with van der Waals surface area (Å²) in [4.78, 5) is 16.8. The van der Waals surface area contributed by atoms with Crippen LogP contribution in [-0.2, 0) is 10.4 Å². The van der Waals surface area contributed by atoms with Crippen molar-refractivity contribution in [2.24, 2.45) is 0 Å². The number of carbonyl (C=O) groups excluding carboxylic acids is 1. The first-order valence-electron chi connectivity index (χ1n) is 8.86. The summed E-state index contributed by atoms with van der Waals surface area (Å²) in [5.74, 6) is 1.26. The van der Waals surface area contributed by atoms with E-state index in [9.17, 15) is 9.90 Å². The summed E-state index contributed by atoms with van der Waals surface area (Å²) in [6.07, 6.45) is 4.56. The zero-order valence-corrected chi connectivity index (χ0v) is 14.7. The molecule has 3 rings (SSSR count). The van der Waals surface area contributed by atoms with Gasteiger partial charge in [-0.15, -0.1) is 0 Å². The molecule has 134 valence electrons. The van der Waals surface area contributed by atoms with Crippen LogP contribution in [0.3, 0.4) is 0 Å². The van der Waals surface area contributed by atoms with Gasteiger partial charge in [0, 0.05) is 5.92 Å². The quantitative estimate of drug-likeness (QED) is 0.841. The average Bonchev–Trinajstić information content (AvgIpc) is 3.26. The Bertz CT molecular complexity index is 706. The highest BCUT2D eigenvalue weighted by Gasteiger charge is 2.28. The number of hydrogen-bond acceptors (Lipinski definition) is 5. The van der Waals surface area contributed by atoms with Gasteiger partial charge in [-0.2, -0.15) is 4.98 Å². The van der Waals surface area contributed by atoms with Crippen molar-refractivity contribution in [1.29, 1.82) is 0 Å². The van der Waals surface area contributed by atoms with Gasteiger partial charge >= 0.3 is 0 Å². The van der Waals surface area contributed by atoms with Crippen LogP contribution in [0.2, 0.25) is 0 Å². The van der Waals surface area contributed by atoms with Gasteiger partial charge in [-0.3, -0.25) is 4.79 Å². The molecule has 1 aliphatic rings. The molecule has 1 saturated carbocycles. The lowest BCUT2D eigenvalue weighted by atomic mass is 9.92. The summed E-state index contributed by atoms with van der Waals surface area (Å²) >= 11 is 0. The number of aliphatic hydroxyl groups is 1. The highest BCUT2D eigenvalue weighted by molar-refractivity contribution is 5.77. The van der Waals surface area contributed by atoms with Gasteiger partial charge in [0.25, 0.3) is 0 Å².